The number of carboxylic acid groups (broad SMARTS) is 1. The van der Waals surface area contributed by atoms with Crippen LogP contribution in [0, 0.1) is 0 Å². The minimum absolute atomic E-state index is 0. The maximum Gasteiger partial charge on any atom is 0.323 e. The molecule has 2 heterocycles. The van der Waals surface area contributed by atoms with Gasteiger partial charge in [-0.25, -0.2) is 0 Å². The second-order valence-electron chi connectivity index (χ2n) is 7.47. The highest BCUT2D eigenvalue weighted by Crippen LogP contribution is 2.35. The van der Waals surface area contributed by atoms with E-state index >= 15 is 0 Å². The average Bonchev–Trinajstić information content (AvgIpc) is 3.22. The van der Waals surface area contributed by atoms with Crippen LogP contribution in [0.25, 0.3) is 0 Å². The molecule has 1 aromatic rings. The van der Waals surface area contributed by atoms with Crippen molar-refractivity contribution in [3.63, 3.8) is 0 Å². The summed E-state index contributed by atoms with van der Waals surface area (Å²) in [6.45, 7) is 2.64. The van der Waals surface area contributed by atoms with E-state index in [1.165, 1.54) is 4.90 Å². The summed E-state index contributed by atoms with van der Waals surface area (Å²) >= 11 is 3.21. The molecule has 1 aliphatic heterocycles. The van der Waals surface area contributed by atoms with Crippen molar-refractivity contribution < 1.29 is 24.2 Å². The number of carbonyl (C=O) groups is 3. The second-order valence-corrected chi connectivity index (χ2v) is 9.68. The molecule has 1 aromatic heterocycles. The first-order valence-corrected chi connectivity index (χ1v) is 12.7. The summed E-state index contributed by atoms with van der Waals surface area (Å²) in [5.41, 5.74) is 5.53. The number of nitrogens with two attached hydrogens (primary N) is 1. The van der Waals surface area contributed by atoms with Gasteiger partial charge in [-0.2, -0.15) is 0 Å². The Morgan fingerprint density at radius 1 is 1.30 bits per heavy atom. The first-order valence-electron chi connectivity index (χ1n) is 10.7. The number of ether oxygens (including phenoxy) is 1. The molecule has 1 amide bonds. The largest absolute Gasteiger partial charge is 0.480 e. The van der Waals surface area contributed by atoms with Gasteiger partial charge in [0.25, 0.3) is 0 Å². The normalized spacial score (nSPS) is 19.1. The van der Waals surface area contributed by atoms with E-state index in [9.17, 15) is 19.5 Å². The molecule has 12 heteroatoms. The van der Waals surface area contributed by atoms with Crippen molar-refractivity contribution in [2.75, 3.05) is 32.0 Å². The lowest BCUT2D eigenvalue weighted by molar-refractivity contribution is -0.148. The van der Waals surface area contributed by atoms with Crippen molar-refractivity contribution in [2.24, 2.45) is 5.73 Å². The number of esters is 1. The molecule has 0 bridgehead atoms. The molecule has 33 heavy (non-hydrogen) atoms. The summed E-state index contributed by atoms with van der Waals surface area (Å²) in [7, 11) is 0. The van der Waals surface area contributed by atoms with Gasteiger partial charge >= 0.3 is 11.9 Å². The molecule has 4 N–H and O–H groups in total. The van der Waals surface area contributed by atoms with Crippen LogP contribution >= 0.6 is 47.9 Å². The topological polar surface area (TPSA) is 122 Å². The molecule has 1 aliphatic rings. The lowest BCUT2D eigenvalue weighted by Crippen LogP contribution is -2.53. The Hall–Kier alpha value is -1.04. The number of thioether (sulfide) groups is 1. The number of nitrogens with one attached hydrogen (secondary N) is 1. The van der Waals surface area contributed by atoms with Gasteiger partial charge < -0.3 is 20.5 Å². The molecule has 1 saturated heterocycles. The number of rotatable bonds is 13. The van der Waals surface area contributed by atoms with E-state index in [4.69, 9.17) is 10.5 Å². The number of amides is 1. The number of carbonyl (C=O) groups excluding carboxylic acids is 2. The van der Waals surface area contributed by atoms with Gasteiger partial charge in [0.2, 0.25) is 5.91 Å². The fraction of sp³-hybridized carbons (Fsp3) is 0.667. The van der Waals surface area contributed by atoms with Crippen LogP contribution < -0.4 is 11.1 Å². The van der Waals surface area contributed by atoms with E-state index in [1.807, 2.05) is 17.5 Å². The molecule has 2 rings (SSSR count). The van der Waals surface area contributed by atoms with Crippen molar-refractivity contribution >= 4 is 65.8 Å². The van der Waals surface area contributed by atoms with Crippen LogP contribution in [0.1, 0.15) is 49.2 Å². The first kappa shape index (κ1) is 32.0. The number of hydrogen-bond acceptors (Lipinski definition) is 8. The van der Waals surface area contributed by atoms with Gasteiger partial charge in [0.1, 0.15) is 12.6 Å². The lowest BCUT2D eigenvalue weighted by Gasteiger charge is -2.26. The van der Waals surface area contributed by atoms with Crippen molar-refractivity contribution in [3.05, 3.63) is 22.4 Å². The number of carboxylic acids is 1. The quantitative estimate of drug-likeness (QED) is 0.256. The van der Waals surface area contributed by atoms with E-state index < -0.39 is 18.1 Å². The van der Waals surface area contributed by atoms with Gasteiger partial charge in [0.05, 0.1) is 17.9 Å². The maximum atomic E-state index is 13.2. The number of nitrogens with zero attached hydrogens (tertiary/aromatic N) is 1. The van der Waals surface area contributed by atoms with Crippen LogP contribution in [0.4, 0.5) is 0 Å². The molecule has 0 aliphatic carbocycles. The highest BCUT2D eigenvalue weighted by molar-refractivity contribution is 7.99. The third kappa shape index (κ3) is 10.8. The Morgan fingerprint density at radius 2 is 2.03 bits per heavy atom. The van der Waals surface area contributed by atoms with E-state index in [0.29, 0.717) is 25.3 Å². The lowest BCUT2D eigenvalue weighted by atomic mass is 10.1. The predicted molar refractivity (Wildman–Crippen MR) is 138 cm³/mol. The van der Waals surface area contributed by atoms with Gasteiger partial charge in [-0.15, -0.1) is 47.9 Å². The van der Waals surface area contributed by atoms with Crippen LogP contribution in [-0.2, 0) is 19.1 Å². The van der Waals surface area contributed by atoms with Gasteiger partial charge in [-0.3, -0.25) is 19.7 Å². The van der Waals surface area contributed by atoms with Gasteiger partial charge in [-0.1, -0.05) is 25.3 Å². The molecule has 3 atom stereocenters. The SMILES string of the molecule is CCOC(=O)[C@H](CCCCCCN)NC1CSC(c2cccs2)CN(CC(=O)O)C1=O.Cl.Cl. The van der Waals surface area contributed by atoms with Crippen molar-refractivity contribution in [3.8, 4) is 0 Å². The molecule has 2 unspecified atom stereocenters. The second kappa shape index (κ2) is 17.4. The van der Waals surface area contributed by atoms with Crippen LogP contribution in [0.5, 0.6) is 0 Å². The highest BCUT2D eigenvalue weighted by Gasteiger charge is 2.35. The third-order valence-electron chi connectivity index (χ3n) is 5.07. The fourth-order valence-corrected chi connectivity index (χ4v) is 5.78. The fourth-order valence-electron chi connectivity index (χ4n) is 3.52. The zero-order valence-electron chi connectivity index (χ0n) is 18.8. The summed E-state index contributed by atoms with van der Waals surface area (Å²) in [4.78, 5) is 39.5. The number of thiophene rings is 1. The summed E-state index contributed by atoms with van der Waals surface area (Å²) < 4.78 is 5.22. The molecular formula is C21H35Cl2N3O5S2. The standard InChI is InChI=1S/C21H33N3O5S2.2ClH/c1-2-29-21(28)15(8-5-3-4-6-10-22)23-16-14-31-18(17-9-7-11-30-17)12-24(20(16)27)13-19(25)26;;/h7,9,11,15-16,18,23H,2-6,8,10,12-14,22H2,1H3,(H,25,26);2*1H/t15-,16?,18?;;/m0../s1. The van der Waals surface area contributed by atoms with E-state index in [0.717, 1.165) is 30.6 Å². The summed E-state index contributed by atoms with van der Waals surface area (Å²) in [6, 6.07) is 2.71. The maximum absolute atomic E-state index is 13.2. The summed E-state index contributed by atoms with van der Waals surface area (Å²) in [5, 5.41) is 14.5. The van der Waals surface area contributed by atoms with Crippen molar-refractivity contribution in [1.29, 1.82) is 0 Å². The Labute approximate surface area is 216 Å². The number of aliphatic carboxylic acids is 1. The van der Waals surface area contributed by atoms with Crippen LogP contribution in [0.2, 0.25) is 0 Å². The van der Waals surface area contributed by atoms with Crippen molar-refractivity contribution in [2.45, 2.75) is 56.4 Å². The number of halogens is 2. The van der Waals surface area contributed by atoms with Crippen LogP contribution in [0.15, 0.2) is 17.5 Å². The van der Waals surface area contributed by atoms with Gasteiger partial charge in [0.15, 0.2) is 0 Å². The zero-order chi connectivity index (χ0) is 22.6. The minimum atomic E-state index is -1.05. The highest BCUT2D eigenvalue weighted by atomic mass is 35.5. The Bertz CT molecular complexity index is 712. The predicted octanol–water partition coefficient (Wildman–Crippen LogP) is 3.09. The smallest absolute Gasteiger partial charge is 0.323 e. The van der Waals surface area contributed by atoms with E-state index in [2.05, 4.69) is 5.32 Å². The number of unbranched alkanes of at least 4 members (excludes halogenated alkanes) is 3. The van der Waals surface area contributed by atoms with Crippen LogP contribution in [0.3, 0.4) is 0 Å². The van der Waals surface area contributed by atoms with Crippen molar-refractivity contribution in [1.82, 2.24) is 10.2 Å². The Morgan fingerprint density at radius 3 is 2.64 bits per heavy atom. The van der Waals surface area contributed by atoms with Crippen LogP contribution in [-0.4, -0.2) is 71.9 Å². The molecule has 8 nitrogen and oxygen atoms in total. The summed E-state index contributed by atoms with van der Waals surface area (Å²) in [6.07, 6.45) is 4.28. The Balaban J connectivity index is 0.00000512. The molecule has 190 valence electrons. The molecule has 0 radical (unpaired) electrons. The zero-order valence-corrected chi connectivity index (χ0v) is 22.0. The summed E-state index contributed by atoms with van der Waals surface area (Å²) in [5.74, 6) is -1.25. The molecule has 0 saturated carbocycles. The average molecular weight is 545 g/mol. The molecular weight excluding hydrogens is 509 g/mol. The molecule has 0 spiro atoms. The van der Waals surface area contributed by atoms with E-state index in [-0.39, 0.29) is 55.1 Å². The molecule has 0 aromatic carbocycles. The third-order valence-corrected chi connectivity index (χ3v) is 7.53. The van der Waals surface area contributed by atoms with Gasteiger partial charge in [-0.05, 0) is 37.8 Å². The molecule has 1 fully saturated rings. The van der Waals surface area contributed by atoms with Gasteiger partial charge in [0, 0.05) is 17.2 Å². The van der Waals surface area contributed by atoms with E-state index in [1.54, 1.807) is 30.0 Å². The first-order chi connectivity index (χ1) is 15.0. The Kier molecular flexibility index (Phi) is 16.9. The minimum Gasteiger partial charge on any atom is -0.480 e. The number of hydrogen-bond donors (Lipinski definition) is 3. The monoisotopic (exact) mass is 543 g/mol.